The monoisotopic (exact) mass is 245 g/mol. The first-order valence-corrected chi connectivity index (χ1v) is 7.02. The van der Waals surface area contributed by atoms with E-state index in [0.717, 1.165) is 30.2 Å². The third-order valence-corrected chi connectivity index (χ3v) is 2.95. The van der Waals surface area contributed by atoms with Gasteiger partial charge in [-0.15, -0.1) is 0 Å². The molecule has 0 aliphatic carbocycles. The standard InChI is InChI=1S/C11H19NO3S/c1-14-9-11-5-4-10(15-11)8-12-6-3-7-16(2)13/h4-5,12H,3,6-9H2,1-2H3. The van der Waals surface area contributed by atoms with Crippen molar-refractivity contribution in [3.63, 3.8) is 0 Å². The van der Waals surface area contributed by atoms with Gasteiger partial charge in [-0.05, 0) is 25.1 Å². The minimum absolute atomic E-state index is 0.509. The van der Waals surface area contributed by atoms with Gasteiger partial charge in [0.15, 0.2) is 0 Å². The van der Waals surface area contributed by atoms with Crippen molar-refractivity contribution < 1.29 is 13.4 Å². The molecule has 1 atom stereocenters. The van der Waals surface area contributed by atoms with Crippen molar-refractivity contribution in [1.82, 2.24) is 5.32 Å². The Bertz CT molecular complexity index is 325. The predicted molar refractivity (Wildman–Crippen MR) is 64.7 cm³/mol. The van der Waals surface area contributed by atoms with E-state index in [4.69, 9.17) is 9.15 Å². The molecule has 1 N–H and O–H groups in total. The van der Waals surface area contributed by atoms with Crippen LogP contribution in [0, 0.1) is 0 Å². The van der Waals surface area contributed by atoms with Crippen LogP contribution in [0.4, 0.5) is 0 Å². The summed E-state index contributed by atoms with van der Waals surface area (Å²) in [6, 6.07) is 3.86. The molecule has 1 aromatic heterocycles. The van der Waals surface area contributed by atoms with Crippen LogP contribution in [0.5, 0.6) is 0 Å². The van der Waals surface area contributed by atoms with E-state index >= 15 is 0 Å². The minimum atomic E-state index is -0.692. The van der Waals surface area contributed by atoms with Gasteiger partial charge < -0.3 is 14.5 Å². The fourth-order valence-corrected chi connectivity index (χ4v) is 1.90. The van der Waals surface area contributed by atoms with E-state index in [9.17, 15) is 4.21 Å². The molecule has 92 valence electrons. The van der Waals surface area contributed by atoms with E-state index in [1.54, 1.807) is 13.4 Å². The average molecular weight is 245 g/mol. The maximum atomic E-state index is 10.8. The molecule has 0 spiro atoms. The van der Waals surface area contributed by atoms with Crippen LogP contribution >= 0.6 is 0 Å². The number of hydrogen-bond donors (Lipinski definition) is 1. The van der Waals surface area contributed by atoms with E-state index in [0.29, 0.717) is 13.2 Å². The molecule has 4 nitrogen and oxygen atoms in total. The second-order valence-corrected chi connectivity index (χ2v) is 5.16. The number of methoxy groups -OCH3 is 1. The van der Waals surface area contributed by atoms with E-state index in [1.165, 1.54) is 0 Å². The highest BCUT2D eigenvalue weighted by atomic mass is 32.2. The van der Waals surface area contributed by atoms with Gasteiger partial charge in [0, 0.05) is 29.9 Å². The first kappa shape index (κ1) is 13.4. The zero-order valence-electron chi connectivity index (χ0n) is 9.82. The summed E-state index contributed by atoms with van der Waals surface area (Å²) in [5.74, 6) is 2.50. The van der Waals surface area contributed by atoms with Gasteiger partial charge in [0.1, 0.15) is 18.1 Å². The van der Waals surface area contributed by atoms with Crippen molar-refractivity contribution in [3.05, 3.63) is 23.7 Å². The normalized spacial score (nSPS) is 12.9. The summed E-state index contributed by atoms with van der Waals surface area (Å²) in [7, 11) is 0.952. The third kappa shape index (κ3) is 5.44. The van der Waals surface area contributed by atoms with Crippen LogP contribution in [-0.4, -0.2) is 29.9 Å². The highest BCUT2D eigenvalue weighted by molar-refractivity contribution is 7.84. The lowest BCUT2D eigenvalue weighted by Gasteiger charge is -2.01. The summed E-state index contributed by atoms with van der Waals surface area (Å²) >= 11 is 0. The molecule has 16 heavy (non-hydrogen) atoms. The predicted octanol–water partition coefficient (Wildman–Crippen LogP) is 1.28. The molecular formula is C11H19NO3S. The smallest absolute Gasteiger partial charge is 0.129 e. The van der Waals surface area contributed by atoms with Crippen LogP contribution in [0.15, 0.2) is 16.5 Å². The number of hydrogen-bond acceptors (Lipinski definition) is 4. The lowest BCUT2D eigenvalue weighted by molar-refractivity contribution is 0.162. The van der Waals surface area contributed by atoms with Crippen molar-refractivity contribution in [2.24, 2.45) is 0 Å². The quantitative estimate of drug-likeness (QED) is 0.701. The molecule has 0 radical (unpaired) electrons. The Morgan fingerprint density at radius 3 is 2.88 bits per heavy atom. The van der Waals surface area contributed by atoms with Crippen molar-refractivity contribution >= 4 is 10.8 Å². The highest BCUT2D eigenvalue weighted by Gasteiger charge is 2.00. The molecule has 1 rings (SSSR count). The minimum Gasteiger partial charge on any atom is -0.462 e. The summed E-state index contributed by atoms with van der Waals surface area (Å²) in [6.45, 7) is 2.08. The SMILES string of the molecule is COCc1ccc(CNCCCS(C)=O)o1. The second-order valence-electron chi connectivity index (χ2n) is 3.61. The maximum Gasteiger partial charge on any atom is 0.129 e. The Morgan fingerprint density at radius 1 is 1.44 bits per heavy atom. The largest absolute Gasteiger partial charge is 0.462 e. The molecular weight excluding hydrogens is 226 g/mol. The molecule has 0 aromatic carbocycles. The van der Waals surface area contributed by atoms with E-state index in [2.05, 4.69) is 5.32 Å². The third-order valence-electron chi connectivity index (χ3n) is 2.09. The first-order valence-electron chi connectivity index (χ1n) is 5.29. The molecule has 0 saturated heterocycles. The van der Waals surface area contributed by atoms with Gasteiger partial charge in [-0.1, -0.05) is 0 Å². The van der Waals surface area contributed by atoms with Crippen LogP contribution in [0.2, 0.25) is 0 Å². The van der Waals surface area contributed by atoms with Crippen LogP contribution in [0.25, 0.3) is 0 Å². The van der Waals surface area contributed by atoms with E-state index in [-0.39, 0.29) is 0 Å². The van der Waals surface area contributed by atoms with Gasteiger partial charge in [0.05, 0.1) is 6.54 Å². The fraction of sp³-hybridized carbons (Fsp3) is 0.636. The van der Waals surface area contributed by atoms with E-state index < -0.39 is 10.8 Å². The molecule has 1 unspecified atom stereocenters. The van der Waals surface area contributed by atoms with Gasteiger partial charge >= 0.3 is 0 Å². The number of nitrogens with one attached hydrogen (secondary N) is 1. The van der Waals surface area contributed by atoms with Gasteiger partial charge in [-0.2, -0.15) is 0 Å². The molecule has 1 heterocycles. The Labute approximate surface area is 98.8 Å². The second kappa shape index (κ2) is 7.60. The van der Waals surface area contributed by atoms with Gasteiger partial charge in [0.2, 0.25) is 0 Å². The summed E-state index contributed by atoms with van der Waals surface area (Å²) in [6.07, 6.45) is 2.65. The molecule has 5 heteroatoms. The van der Waals surface area contributed by atoms with Gasteiger partial charge in [-0.3, -0.25) is 4.21 Å². The Balaban J connectivity index is 2.14. The van der Waals surface area contributed by atoms with Gasteiger partial charge in [0.25, 0.3) is 0 Å². The molecule has 0 amide bonds. The van der Waals surface area contributed by atoms with Crippen molar-refractivity contribution in [1.29, 1.82) is 0 Å². The lowest BCUT2D eigenvalue weighted by Crippen LogP contribution is -2.16. The van der Waals surface area contributed by atoms with Crippen molar-refractivity contribution in [3.8, 4) is 0 Å². The molecule has 0 bridgehead atoms. The zero-order chi connectivity index (χ0) is 11.8. The maximum absolute atomic E-state index is 10.8. The molecule has 0 aliphatic rings. The van der Waals surface area contributed by atoms with Gasteiger partial charge in [-0.25, -0.2) is 0 Å². The Morgan fingerprint density at radius 2 is 2.19 bits per heavy atom. The molecule has 0 aliphatic heterocycles. The number of furan rings is 1. The molecule has 0 fully saturated rings. The number of ether oxygens (including phenoxy) is 1. The van der Waals surface area contributed by atoms with Crippen LogP contribution < -0.4 is 5.32 Å². The first-order chi connectivity index (χ1) is 7.72. The van der Waals surface area contributed by atoms with E-state index in [1.807, 2.05) is 12.1 Å². The van der Waals surface area contributed by atoms with Crippen LogP contribution in [0.3, 0.4) is 0 Å². The Kier molecular flexibility index (Phi) is 6.37. The summed E-state index contributed by atoms with van der Waals surface area (Å²) < 4.78 is 21.3. The number of rotatable bonds is 8. The highest BCUT2D eigenvalue weighted by Crippen LogP contribution is 2.08. The summed E-state index contributed by atoms with van der Waals surface area (Å²) in [4.78, 5) is 0. The zero-order valence-corrected chi connectivity index (χ0v) is 10.6. The van der Waals surface area contributed by atoms with Crippen LogP contribution in [-0.2, 0) is 28.7 Å². The lowest BCUT2D eigenvalue weighted by atomic mass is 10.4. The summed E-state index contributed by atoms with van der Waals surface area (Å²) in [5.41, 5.74) is 0. The fourth-order valence-electron chi connectivity index (χ4n) is 1.35. The molecule has 1 aromatic rings. The average Bonchev–Trinajstić information content (AvgIpc) is 2.65. The van der Waals surface area contributed by atoms with Crippen LogP contribution in [0.1, 0.15) is 17.9 Å². The Hall–Kier alpha value is -0.650. The van der Waals surface area contributed by atoms with Crippen molar-refractivity contribution in [2.45, 2.75) is 19.6 Å². The molecule has 0 saturated carbocycles. The topological polar surface area (TPSA) is 51.5 Å². The van der Waals surface area contributed by atoms with Crippen molar-refractivity contribution in [2.75, 3.05) is 25.7 Å². The summed E-state index contributed by atoms with van der Waals surface area (Å²) in [5, 5.41) is 3.24.